The van der Waals surface area contributed by atoms with Crippen molar-refractivity contribution in [1.82, 2.24) is 4.57 Å². The van der Waals surface area contributed by atoms with E-state index in [2.05, 4.69) is 4.57 Å². The number of benzene rings is 1. The molecule has 1 heterocycles. The third kappa shape index (κ3) is 1.75. The number of aliphatic hydroxyl groups excluding tert-OH is 1. The molecule has 2 rings (SSSR count). The maximum absolute atomic E-state index is 13.1. The van der Waals surface area contributed by atoms with Crippen molar-refractivity contribution in [2.45, 2.75) is 19.9 Å². The molecule has 1 aromatic heterocycles. The van der Waals surface area contributed by atoms with Crippen LogP contribution in [0.5, 0.6) is 0 Å². The van der Waals surface area contributed by atoms with Gasteiger partial charge in [-0.3, -0.25) is 0 Å². The molecule has 0 amide bonds. The van der Waals surface area contributed by atoms with Crippen LogP contribution in [0.2, 0.25) is 0 Å². The Morgan fingerprint density at radius 2 is 2.20 bits per heavy atom. The topological polar surface area (TPSA) is 25.2 Å². The number of hydrogen-bond donors (Lipinski definition) is 1. The first kappa shape index (κ1) is 10.2. The molecule has 80 valence electrons. The molecule has 0 fully saturated rings. The Kier molecular flexibility index (Phi) is 2.73. The highest BCUT2D eigenvalue weighted by Gasteiger charge is 2.07. The van der Waals surface area contributed by atoms with Crippen LogP contribution in [0, 0.1) is 5.82 Å². The van der Waals surface area contributed by atoms with E-state index in [0.717, 1.165) is 23.0 Å². The van der Waals surface area contributed by atoms with Crippen molar-refractivity contribution in [3.05, 3.63) is 35.8 Å². The van der Waals surface area contributed by atoms with Gasteiger partial charge in [-0.25, -0.2) is 4.39 Å². The minimum atomic E-state index is -0.226. The van der Waals surface area contributed by atoms with Crippen LogP contribution in [-0.2, 0) is 13.0 Å². The SMILES string of the molecule is CCn1cc(CCO)c2cc(F)ccc21. The monoisotopic (exact) mass is 207 g/mol. The van der Waals surface area contributed by atoms with E-state index < -0.39 is 0 Å². The molecule has 0 aliphatic rings. The molecule has 3 heteroatoms. The maximum atomic E-state index is 13.1. The summed E-state index contributed by atoms with van der Waals surface area (Å²) in [5.41, 5.74) is 2.04. The minimum Gasteiger partial charge on any atom is -0.396 e. The lowest BCUT2D eigenvalue weighted by Crippen LogP contribution is -1.91. The van der Waals surface area contributed by atoms with Gasteiger partial charge in [0.1, 0.15) is 5.82 Å². The highest BCUT2D eigenvalue weighted by Crippen LogP contribution is 2.22. The molecule has 1 N–H and O–H groups in total. The van der Waals surface area contributed by atoms with E-state index in [9.17, 15) is 4.39 Å². The Hall–Kier alpha value is -1.35. The number of hydrogen-bond acceptors (Lipinski definition) is 1. The van der Waals surface area contributed by atoms with Crippen LogP contribution in [-0.4, -0.2) is 16.3 Å². The molecule has 0 radical (unpaired) electrons. The Labute approximate surface area is 88.0 Å². The second-order valence-corrected chi connectivity index (χ2v) is 3.58. The number of aliphatic hydroxyl groups is 1. The van der Waals surface area contributed by atoms with E-state index in [1.54, 1.807) is 6.07 Å². The molecule has 0 aliphatic carbocycles. The smallest absolute Gasteiger partial charge is 0.123 e. The van der Waals surface area contributed by atoms with Gasteiger partial charge in [0.15, 0.2) is 0 Å². The van der Waals surface area contributed by atoms with Crippen LogP contribution in [0.25, 0.3) is 10.9 Å². The highest BCUT2D eigenvalue weighted by atomic mass is 19.1. The molecule has 0 aliphatic heterocycles. The molecule has 0 saturated carbocycles. The van der Waals surface area contributed by atoms with E-state index in [1.165, 1.54) is 12.1 Å². The van der Waals surface area contributed by atoms with Crippen LogP contribution in [0.4, 0.5) is 4.39 Å². The largest absolute Gasteiger partial charge is 0.396 e. The number of rotatable bonds is 3. The number of halogens is 1. The average Bonchev–Trinajstić information content (AvgIpc) is 2.57. The fourth-order valence-electron chi connectivity index (χ4n) is 1.92. The zero-order chi connectivity index (χ0) is 10.8. The molecule has 15 heavy (non-hydrogen) atoms. The Balaban J connectivity index is 2.64. The third-order valence-electron chi connectivity index (χ3n) is 2.65. The summed E-state index contributed by atoms with van der Waals surface area (Å²) in [4.78, 5) is 0. The molecule has 0 saturated heterocycles. The van der Waals surface area contributed by atoms with E-state index in [-0.39, 0.29) is 12.4 Å². The molecule has 1 aromatic carbocycles. The Bertz CT molecular complexity index is 476. The van der Waals surface area contributed by atoms with Gasteiger partial charge in [0, 0.05) is 30.3 Å². The lowest BCUT2D eigenvalue weighted by Gasteiger charge is -1.99. The Morgan fingerprint density at radius 3 is 2.87 bits per heavy atom. The van der Waals surface area contributed by atoms with Crippen LogP contribution in [0.3, 0.4) is 0 Å². The van der Waals surface area contributed by atoms with E-state index in [0.29, 0.717) is 6.42 Å². The molecular formula is C12H14FNO. The summed E-state index contributed by atoms with van der Waals surface area (Å²) in [7, 11) is 0. The quantitative estimate of drug-likeness (QED) is 0.821. The number of nitrogens with zero attached hydrogens (tertiary/aromatic N) is 1. The lowest BCUT2D eigenvalue weighted by atomic mass is 10.1. The molecule has 0 spiro atoms. The molecule has 0 bridgehead atoms. The molecule has 2 aromatic rings. The van der Waals surface area contributed by atoms with E-state index in [1.807, 2.05) is 13.1 Å². The van der Waals surface area contributed by atoms with Crippen LogP contribution in [0.15, 0.2) is 24.4 Å². The van der Waals surface area contributed by atoms with Gasteiger partial charge >= 0.3 is 0 Å². The fourth-order valence-corrected chi connectivity index (χ4v) is 1.92. The fraction of sp³-hybridized carbons (Fsp3) is 0.333. The van der Waals surface area contributed by atoms with Crippen molar-refractivity contribution in [1.29, 1.82) is 0 Å². The van der Waals surface area contributed by atoms with Crippen LogP contribution >= 0.6 is 0 Å². The maximum Gasteiger partial charge on any atom is 0.123 e. The van der Waals surface area contributed by atoms with E-state index in [4.69, 9.17) is 5.11 Å². The molecular weight excluding hydrogens is 193 g/mol. The number of aryl methyl sites for hydroxylation is 1. The second-order valence-electron chi connectivity index (χ2n) is 3.58. The zero-order valence-corrected chi connectivity index (χ0v) is 8.70. The standard InChI is InChI=1S/C12H14FNO/c1-2-14-8-9(5-6-15)11-7-10(13)3-4-12(11)14/h3-4,7-8,15H,2,5-6H2,1H3. The summed E-state index contributed by atoms with van der Waals surface area (Å²) >= 11 is 0. The van der Waals surface area contributed by atoms with Gasteiger partial charge in [0.25, 0.3) is 0 Å². The zero-order valence-electron chi connectivity index (χ0n) is 8.70. The summed E-state index contributed by atoms with van der Waals surface area (Å²) in [6, 6.07) is 4.79. The van der Waals surface area contributed by atoms with Gasteiger partial charge in [-0.15, -0.1) is 0 Å². The molecule has 0 unspecified atom stereocenters. The average molecular weight is 207 g/mol. The van der Waals surface area contributed by atoms with Gasteiger partial charge in [0.2, 0.25) is 0 Å². The van der Waals surface area contributed by atoms with Crippen molar-refractivity contribution >= 4 is 10.9 Å². The second kappa shape index (κ2) is 4.03. The van der Waals surface area contributed by atoms with Gasteiger partial charge in [-0.05, 0) is 37.1 Å². The first-order valence-electron chi connectivity index (χ1n) is 5.14. The van der Waals surface area contributed by atoms with Gasteiger partial charge in [-0.2, -0.15) is 0 Å². The normalized spacial score (nSPS) is 11.1. The predicted molar refractivity (Wildman–Crippen MR) is 58.4 cm³/mol. The lowest BCUT2D eigenvalue weighted by molar-refractivity contribution is 0.300. The van der Waals surface area contributed by atoms with Crippen molar-refractivity contribution < 1.29 is 9.50 Å². The van der Waals surface area contributed by atoms with Crippen LogP contribution in [0.1, 0.15) is 12.5 Å². The first-order chi connectivity index (χ1) is 7.26. The third-order valence-corrected chi connectivity index (χ3v) is 2.65. The highest BCUT2D eigenvalue weighted by molar-refractivity contribution is 5.84. The summed E-state index contributed by atoms with van der Waals surface area (Å²) in [5, 5.41) is 9.84. The van der Waals surface area contributed by atoms with Gasteiger partial charge in [0.05, 0.1) is 0 Å². The predicted octanol–water partition coefficient (Wildman–Crippen LogP) is 2.34. The number of aromatic nitrogens is 1. The summed E-state index contributed by atoms with van der Waals surface area (Å²) in [5.74, 6) is -0.226. The molecule has 2 nitrogen and oxygen atoms in total. The summed E-state index contributed by atoms with van der Waals surface area (Å²) in [6.07, 6.45) is 2.56. The van der Waals surface area contributed by atoms with Crippen molar-refractivity contribution in [2.24, 2.45) is 0 Å². The first-order valence-corrected chi connectivity index (χ1v) is 5.14. The summed E-state index contributed by atoms with van der Waals surface area (Å²) < 4.78 is 15.2. The van der Waals surface area contributed by atoms with Gasteiger partial charge in [-0.1, -0.05) is 0 Å². The van der Waals surface area contributed by atoms with Crippen molar-refractivity contribution in [3.63, 3.8) is 0 Å². The number of fused-ring (bicyclic) bond motifs is 1. The minimum absolute atomic E-state index is 0.0966. The molecule has 0 atom stereocenters. The van der Waals surface area contributed by atoms with Crippen molar-refractivity contribution in [3.8, 4) is 0 Å². The van der Waals surface area contributed by atoms with Crippen LogP contribution < -0.4 is 0 Å². The van der Waals surface area contributed by atoms with E-state index >= 15 is 0 Å². The summed E-state index contributed by atoms with van der Waals surface area (Å²) in [6.45, 7) is 3.00. The Morgan fingerprint density at radius 1 is 1.40 bits per heavy atom. The van der Waals surface area contributed by atoms with Crippen molar-refractivity contribution in [2.75, 3.05) is 6.61 Å². The van der Waals surface area contributed by atoms with Gasteiger partial charge < -0.3 is 9.67 Å².